The lowest BCUT2D eigenvalue weighted by Crippen LogP contribution is -2.23. The zero-order valence-corrected chi connectivity index (χ0v) is 16.5. The van der Waals surface area contributed by atoms with Gasteiger partial charge in [-0.1, -0.05) is 51.9 Å². The lowest BCUT2D eigenvalue weighted by molar-refractivity contribution is -0.153. The van der Waals surface area contributed by atoms with Crippen molar-refractivity contribution in [3.8, 4) is 0 Å². The number of rotatable bonds is 13. The van der Waals surface area contributed by atoms with Crippen LogP contribution in [0.5, 0.6) is 0 Å². The summed E-state index contributed by atoms with van der Waals surface area (Å²) in [5, 5.41) is 8.99. The van der Waals surface area contributed by atoms with Gasteiger partial charge in [-0.25, -0.2) is 0 Å². The average molecular weight is 341 g/mol. The van der Waals surface area contributed by atoms with Crippen molar-refractivity contribution in [2.24, 2.45) is 23.2 Å². The molecule has 0 radical (unpaired) electrons. The van der Waals surface area contributed by atoms with E-state index in [1.54, 1.807) is 0 Å². The Morgan fingerprint density at radius 2 is 1.67 bits per heavy atom. The largest absolute Gasteiger partial charge is 0.465 e. The number of ether oxygens (including phenoxy) is 1. The summed E-state index contributed by atoms with van der Waals surface area (Å²) in [4.78, 5) is 11.6. The minimum absolute atomic E-state index is 0.0887. The van der Waals surface area contributed by atoms with Gasteiger partial charge in [0.1, 0.15) is 0 Å². The van der Waals surface area contributed by atoms with Gasteiger partial charge in [-0.2, -0.15) is 0 Å². The molecule has 0 heterocycles. The van der Waals surface area contributed by atoms with Crippen LogP contribution in [-0.2, 0) is 9.53 Å². The summed E-state index contributed by atoms with van der Waals surface area (Å²) < 4.78 is 5.28. The number of hydrogen-bond acceptors (Lipinski definition) is 3. The Morgan fingerprint density at radius 1 is 1.08 bits per heavy atom. The maximum atomic E-state index is 11.6. The summed E-state index contributed by atoms with van der Waals surface area (Å²) in [6.07, 6.45) is 12.6. The second-order valence-corrected chi connectivity index (χ2v) is 8.80. The number of aliphatic hydroxyl groups is 1. The second kappa shape index (κ2) is 11.1. The van der Waals surface area contributed by atoms with Crippen molar-refractivity contribution < 1.29 is 14.6 Å². The molecule has 0 aromatic carbocycles. The fourth-order valence-corrected chi connectivity index (χ4v) is 3.49. The van der Waals surface area contributed by atoms with Crippen molar-refractivity contribution in [1.82, 2.24) is 0 Å². The molecule has 1 rings (SSSR count). The summed E-state index contributed by atoms with van der Waals surface area (Å²) in [6, 6.07) is 0. The molecule has 3 atom stereocenters. The first kappa shape index (κ1) is 21.5. The van der Waals surface area contributed by atoms with Crippen LogP contribution in [0.25, 0.3) is 0 Å². The molecule has 1 fully saturated rings. The van der Waals surface area contributed by atoms with E-state index < -0.39 is 0 Å². The summed E-state index contributed by atoms with van der Waals surface area (Å²) in [5.41, 5.74) is -0.379. The van der Waals surface area contributed by atoms with Crippen LogP contribution >= 0.6 is 0 Å². The van der Waals surface area contributed by atoms with Crippen LogP contribution in [0.3, 0.4) is 0 Å². The Morgan fingerprint density at radius 3 is 2.25 bits per heavy atom. The van der Waals surface area contributed by atoms with Crippen LogP contribution < -0.4 is 0 Å². The van der Waals surface area contributed by atoms with Crippen molar-refractivity contribution >= 4 is 5.97 Å². The van der Waals surface area contributed by atoms with Crippen molar-refractivity contribution in [3.05, 3.63) is 0 Å². The van der Waals surface area contributed by atoms with Crippen molar-refractivity contribution in [2.45, 2.75) is 91.9 Å². The fraction of sp³-hybridized carbons (Fsp3) is 0.952. The zero-order valence-electron chi connectivity index (χ0n) is 16.5. The van der Waals surface area contributed by atoms with E-state index in [4.69, 9.17) is 9.84 Å². The van der Waals surface area contributed by atoms with E-state index in [1.165, 1.54) is 51.4 Å². The van der Waals surface area contributed by atoms with E-state index >= 15 is 0 Å². The number of aliphatic hydroxyl groups excluding tert-OH is 1. The van der Waals surface area contributed by atoms with E-state index in [1.807, 2.05) is 20.8 Å². The number of carbonyl (C=O) groups is 1. The molecule has 0 aromatic heterocycles. The predicted molar refractivity (Wildman–Crippen MR) is 99.8 cm³/mol. The van der Waals surface area contributed by atoms with Gasteiger partial charge in [0.15, 0.2) is 0 Å². The van der Waals surface area contributed by atoms with Gasteiger partial charge in [-0.3, -0.25) is 4.79 Å². The van der Waals surface area contributed by atoms with Crippen molar-refractivity contribution in [2.75, 3.05) is 13.2 Å². The van der Waals surface area contributed by atoms with Crippen molar-refractivity contribution in [1.29, 1.82) is 0 Å². The summed E-state index contributed by atoms with van der Waals surface area (Å²) in [7, 11) is 0. The van der Waals surface area contributed by atoms with Gasteiger partial charge in [0.05, 0.1) is 12.0 Å². The lowest BCUT2D eigenvalue weighted by Gasteiger charge is -2.16. The normalized spacial score (nSPS) is 21.5. The average Bonchev–Trinajstić information content (AvgIpc) is 3.28. The molecule has 142 valence electrons. The molecule has 0 unspecified atom stereocenters. The molecular weight excluding hydrogens is 300 g/mol. The first-order valence-electron chi connectivity index (χ1n) is 10.1. The van der Waals surface area contributed by atoms with Crippen LogP contribution in [0.4, 0.5) is 0 Å². The van der Waals surface area contributed by atoms with Gasteiger partial charge < -0.3 is 9.84 Å². The molecule has 3 nitrogen and oxygen atoms in total. The third-order valence-electron chi connectivity index (χ3n) is 5.36. The van der Waals surface area contributed by atoms with E-state index in [0.29, 0.717) is 19.1 Å². The molecule has 1 aliphatic rings. The van der Waals surface area contributed by atoms with E-state index in [2.05, 4.69) is 6.92 Å². The monoisotopic (exact) mass is 340 g/mol. The maximum Gasteiger partial charge on any atom is 0.311 e. The van der Waals surface area contributed by atoms with Crippen LogP contribution in [-0.4, -0.2) is 24.3 Å². The molecule has 0 aromatic rings. The Hall–Kier alpha value is -0.570. The van der Waals surface area contributed by atoms with E-state index in [9.17, 15) is 4.79 Å². The molecule has 0 aliphatic heterocycles. The van der Waals surface area contributed by atoms with Gasteiger partial charge in [0.2, 0.25) is 0 Å². The smallest absolute Gasteiger partial charge is 0.311 e. The summed E-state index contributed by atoms with van der Waals surface area (Å²) in [5.74, 6) is 2.47. The number of hydrogen-bond donors (Lipinski definition) is 1. The second-order valence-electron chi connectivity index (χ2n) is 8.80. The summed E-state index contributed by atoms with van der Waals surface area (Å²) in [6.45, 7) is 8.90. The quantitative estimate of drug-likeness (QED) is 0.363. The van der Waals surface area contributed by atoms with Crippen molar-refractivity contribution in [3.63, 3.8) is 0 Å². The van der Waals surface area contributed by atoms with Gasteiger partial charge in [0.25, 0.3) is 0 Å². The standard InChI is InChI=1S/C21H40O3/c1-17(13-14-22)19-16-18(19)12-10-8-6-5-7-9-11-15-24-20(23)21(2,3)4/h17-19,22H,5-16H2,1-4H3/t17-,18-,19+/m0/s1. The Bertz CT molecular complexity index is 345. The van der Waals surface area contributed by atoms with Crippen LogP contribution in [0.1, 0.15) is 91.9 Å². The Kier molecular flexibility index (Phi) is 9.95. The molecular formula is C21H40O3. The number of carbonyl (C=O) groups excluding carboxylic acids is 1. The first-order chi connectivity index (χ1) is 11.4. The molecule has 0 bridgehead atoms. The molecule has 0 spiro atoms. The van der Waals surface area contributed by atoms with Crippen LogP contribution in [0.2, 0.25) is 0 Å². The molecule has 24 heavy (non-hydrogen) atoms. The molecule has 0 saturated heterocycles. The van der Waals surface area contributed by atoms with E-state index in [-0.39, 0.29) is 11.4 Å². The topological polar surface area (TPSA) is 46.5 Å². The SMILES string of the molecule is C[C@@H](CCO)[C@H]1C[C@@H]1CCCCCCCCCOC(=O)C(C)(C)C. The van der Waals surface area contributed by atoms with Gasteiger partial charge in [0, 0.05) is 6.61 Å². The molecule has 1 aliphatic carbocycles. The molecule has 1 N–H and O–H groups in total. The van der Waals surface area contributed by atoms with Gasteiger partial charge in [-0.15, -0.1) is 0 Å². The number of unbranched alkanes of at least 4 members (excludes halogenated alkanes) is 6. The molecule has 1 saturated carbocycles. The van der Waals surface area contributed by atoms with Crippen LogP contribution in [0.15, 0.2) is 0 Å². The third kappa shape index (κ3) is 9.05. The minimum Gasteiger partial charge on any atom is -0.465 e. The Balaban J connectivity index is 1.83. The third-order valence-corrected chi connectivity index (χ3v) is 5.36. The zero-order chi connectivity index (χ0) is 18.0. The van der Waals surface area contributed by atoms with Crippen LogP contribution in [0, 0.1) is 23.2 Å². The fourth-order valence-electron chi connectivity index (χ4n) is 3.49. The van der Waals surface area contributed by atoms with E-state index in [0.717, 1.165) is 24.7 Å². The summed E-state index contributed by atoms with van der Waals surface area (Å²) >= 11 is 0. The number of esters is 1. The predicted octanol–water partition coefficient (Wildman–Crippen LogP) is 5.35. The highest BCUT2D eigenvalue weighted by Crippen LogP contribution is 2.48. The first-order valence-corrected chi connectivity index (χ1v) is 10.1. The van der Waals surface area contributed by atoms with Gasteiger partial charge in [-0.05, 0) is 57.8 Å². The highest BCUT2D eigenvalue weighted by molar-refractivity contribution is 5.75. The Labute approximate surface area is 149 Å². The molecule has 0 amide bonds. The minimum atomic E-state index is -0.379. The van der Waals surface area contributed by atoms with Gasteiger partial charge >= 0.3 is 5.97 Å². The maximum absolute atomic E-state index is 11.6. The highest BCUT2D eigenvalue weighted by Gasteiger charge is 2.39. The highest BCUT2D eigenvalue weighted by atomic mass is 16.5. The lowest BCUT2D eigenvalue weighted by atomic mass is 9.97. The molecule has 3 heteroatoms.